The fraction of sp³-hybridized carbons (Fsp3) is 0.0625. The lowest BCUT2D eigenvalue weighted by Gasteiger charge is -2.07. The first-order valence-electron chi connectivity index (χ1n) is 6.35. The standard InChI is InChI=1S/C16H12ClFN2O/c1-9-5-2-3-6-10(9)15-13(16(19)20-21-15)11-7-4-8-12(17)14(11)18/h2-8H,1H3,(H2,19,20). The van der Waals surface area contributed by atoms with Crippen LogP contribution < -0.4 is 5.73 Å². The van der Waals surface area contributed by atoms with Gasteiger partial charge in [-0.15, -0.1) is 0 Å². The molecule has 0 bridgehead atoms. The molecule has 0 radical (unpaired) electrons. The van der Waals surface area contributed by atoms with Crippen molar-refractivity contribution in [2.24, 2.45) is 0 Å². The first-order chi connectivity index (χ1) is 10.1. The Hall–Kier alpha value is -2.33. The molecule has 0 saturated heterocycles. The summed E-state index contributed by atoms with van der Waals surface area (Å²) in [5.74, 6) is 0.0325. The number of nitrogens with zero attached hydrogens (tertiary/aromatic N) is 1. The van der Waals surface area contributed by atoms with E-state index in [-0.39, 0.29) is 16.4 Å². The molecule has 106 valence electrons. The number of rotatable bonds is 2. The van der Waals surface area contributed by atoms with Gasteiger partial charge in [-0.1, -0.05) is 53.2 Å². The summed E-state index contributed by atoms with van der Waals surface area (Å²) in [6.07, 6.45) is 0. The summed E-state index contributed by atoms with van der Waals surface area (Å²) in [7, 11) is 0. The molecule has 2 aromatic carbocycles. The molecule has 0 atom stereocenters. The molecule has 0 spiro atoms. The number of nitrogens with two attached hydrogens (primary N) is 1. The fourth-order valence-electron chi connectivity index (χ4n) is 2.27. The molecule has 0 aliphatic rings. The highest BCUT2D eigenvalue weighted by atomic mass is 35.5. The first kappa shape index (κ1) is 13.6. The largest absolute Gasteiger partial charge is 0.380 e. The molecule has 5 heteroatoms. The van der Waals surface area contributed by atoms with Crippen molar-refractivity contribution < 1.29 is 8.91 Å². The van der Waals surface area contributed by atoms with E-state index < -0.39 is 5.82 Å². The van der Waals surface area contributed by atoms with Gasteiger partial charge in [-0.05, 0) is 18.6 Å². The zero-order valence-electron chi connectivity index (χ0n) is 11.2. The van der Waals surface area contributed by atoms with E-state index in [0.29, 0.717) is 11.3 Å². The molecule has 3 nitrogen and oxygen atoms in total. The number of halogens is 2. The molecule has 0 unspecified atom stereocenters. The second-order valence-corrected chi connectivity index (χ2v) is 5.10. The number of benzene rings is 2. The van der Waals surface area contributed by atoms with Crippen LogP contribution in [0.2, 0.25) is 5.02 Å². The molecule has 0 aliphatic heterocycles. The van der Waals surface area contributed by atoms with Gasteiger partial charge in [0.25, 0.3) is 0 Å². The molecule has 1 aromatic heterocycles. The van der Waals surface area contributed by atoms with E-state index in [0.717, 1.165) is 11.1 Å². The van der Waals surface area contributed by atoms with Gasteiger partial charge in [-0.2, -0.15) is 0 Å². The highest BCUT2D eigenvalue weighted by Gasteiger charge is 2.22. The van der Waals surface area contributed by atoms with Gasteiger partial charge in [0.05, 0.1) is 10.6 Å². The van der Waals surface area contributed by atoms with Crippen molar-refractivity contribution in [2.45, 2.75) is 6.92 Å². The zero-order valence-corrected chi connectivity index (χ0v) is 12.0. The lowest BCUT2D eigenvalue weighted by molar-refractivity contribution is 0.436. The third-order valence-corrected chi connectivity index (χ3v) is 3.62. The highest BCUT2D eigenvalue weighted by molar-refractivity contribution is 6.31. The monoisotopic (exact) mass is 302 g/mol. The molecular weight excluding hydrogens is 291 g/mol. The quantitative estimate of drug-likeness (QED) is 0.747. The Morgan fingerprint density at radius 3 is 2.57 bits per heavy atom. The Balaban J connectivity index is 2.28. The average molecular weight is 303 g/mol. The maximum Gasteiger partial charge on any atom is 0.177 e. The summed E-state index contributed by atoms with van der Waals surface area (Å²) in [4.78, 5) is 0. The molecule has 0 fully saturated rings. The number of nitrogen functional groups attached to an aromatic ring is 1. The van der Waals surface area contributed by atoms with Gasteiger partial charge < -0.3 is 10.3 Å². The third-order valence-electron chi connectivity index (χ3n) is 3.33. The number of aryl methyl sites for hydroxylation is 1. The van der Waals surface area contributed by atoms with Crippen LogP contribution in [0.15, 0.2) is 47.0 Å². The summed E-state index contributed by atoms with van der Waals surface area (Å²) in [5.41, 5.74) is 8.36. The second kappa shape index (κ2) is 5.22. The molecule has 0 saturated carbocycles. The van der Waals surface area contributed by atoms with Crippen molar-refractivity contribution in [3.8, 4) is 22.5 Å². The van der Waals surface area contributed by atoms with Gasteiger partial charge in [-0.3, -0.25) is 0 Å². The Kier molecular flexibility index (Phi) is 3.39. The molecule has 0 aliphatic carbocycles. The summed E-state index contributed by atoms with van der Waals surface area (Å²) >= 11 is 5.85. The van der Waals surface area contributed by atoms with E-state index in [1.165, 1.54) is 6.07 Å². The van der Waals surface area contributed by atoms with Crippen LogP contribution in [0.3, 0.4) is 0 Å². The Morgan fingerprint density at radius 1 is 1.10 bits per heavy atom. The summed E-state index contributed by atoms with van der Waals surface area (Å²) in [6.45, 7) is 1.94. The van der Waals surface area contributed by atoms with Crippen molar-refractivity contribution >= 4 is 17.4 Å². The van der Waals surface area contributed by atoms with E-state index in [1.807, 2.05) is 31.2 Å². The minimum atomic E-state index is -0.538. The van der Waals surface area contributed by atoms with E-state index in [4.69, 9.17) is 21.9 Å². The third kappa shape index (κ3) is 2.28. The van der Waals surface area contributed by atoms with Crippen LogP contribution in [-0.4, -0.2) is 5.16 Å². The van der Waals surface area contributed by atoms with Crippen LogP contribution in [-0.2, 0) is 0 Å². The van der Waals surface area contributed by atoms with Crippen molar-refractivity contribution in [3.63, 3.8) is 0 Å². The van der Waals surface area contributed by atoms with Gasteiger partial charge in [0.15, 0.2) is 11.6 Å². The fourth-order valence-corrected chi connectivity index (χ4v) is 2.45. The minimum absolute atomic E-state index is 0.0313. The number of hydrogen-bond donors (Lipinski definition) is 1. The average Bonchev–Trinajstić information content (AvgIpc) is 2.84. The number of hydrogen-bond acceptors (Lipinski definition) is 3. The number of aromatic nitrogens is 1. The normalized spacial score (nSPS) is 10.8. The lowest BCUT2D eigenvalue weighted by atomic mass is 9.98. The molecular formula is C16H12ClFN2O. The van der Waals surface area contributed by atoms with Crippen LogP contribution in [0.1, 0.15) is 5.56 Å². The predicted molar refractivity (Wildman–Crippen MR) is 81.5 cm³/mol. The van der Waals surface area contributed by atoms with E-state index >= 15 is 0 Å². The smallest absolute Gasteiger partial charge is 0.177 e. The molecule has 1 heterocycles. The first-order valence-corrected chi connectivity index (χ1v) is 6.73. The predicted octanol–water partition coefficient (Wildman–Crippen LogP) is 4.69. The van der Waals surface area contributed by atoms with Gasteiger partial charge in [0.1, 0.15) is 5.82 Å². The van der Waals surface area contributed by atoms with Crippen LogP contribution in [0.4, 0.5) is 10.2 Å². The lowest BCUT2D eigenvalue weighted by Crippen LogP contribution is -1.93. The van der Waals surface area contributed by atoms with Crippen molar-refractivity contribution in [1.82, 2.24) is 5.16 Å². The SMILES string of the molecule is Cc1ccccc1-c1onc(N)c1-c1cccc(Cl)c1F. The maximum absolute atomic E-state index is 14.3. The van der Waals surface area contributed by atoms with Crippen molar-refractivity contribution in [3.05, 3.63) is 58.9 Å². The second-order valence-electron chi connectivity index (χ2n) is 4.69. The topological polar surface area (TPSA) is 52.0 Å². The minimum Gasteiger partial charge on any atom is -0.380 e. The molecule has 21 heavy (non-hydrogen) atoms. The van der Waals surface area contributed by atoms with Crippen LogP contribution >= 0.6 is 11.6 Å². The van der Waals surface area contributed by atoms with Gasteiger partial charge in [0.2, 0.25) is 0 Å². The van der Waals surface area contributed by atoms with Crippen LogP contribution in [0.25, 0.3) is 22.5 Å². The highest BCUT2D eigenvalue weighted by Crippen LogP contribution is 2.40. The Morgan fingerprint density at radius 2 is 1.81 bits per heavy atom. The summed E-state index contributed by atoms with van der Waals surface area (Å²) < 4.78 is 19.6. The Bertz CT molecular complexity index is 814. The molecule has 3 rings (SSSR count). The zero-order chi connectivity index (χ0) is 15.0. The molecule has 2 N–H and O–H groups in total. The van der Waals surface area contributed by atoms with Gasteiger partial charge >= 0.3 is 0 Å². The Labute approximate surface area is 126 Å². The van der Waals surface area contributed by atoms with Crippen molar-refractivity contribution in [2.75, 3.05) is 5.73 Å². The summed E-state index contributed by atoms with van der Waals surface area (Å²) in [6, 6.07) is 12.4. The van der Waals surface area contributed by atoms with E-state index in [9.17, 15) is 4.39 Å². The van der Waals surface area contributed by atoms with Gasteiger partial charge in [0, 0.05) is 11.1 Å². The van der Waals surface area contributed by atoms with E-state index in [1.54, 1.807) is 12.1 Å². The van der Waals surface area contributed by atoms with Crippen LogP contribution in [0, 0.1) is 12.7 Å². The molecule has 0 amide bonds. The maximum atomic E-state index is 14.3. The summed E-state index contributed by atoms with van der Waals surface area (Å²) in [5, 5.41) is 3.81. The van der Waals surface area contributed by atoms with Gasteiger partial charge in [-0.25, -0.2) is 4.39 Å². The van der Waals surface area contributed by atoms with E-state index in [2.05, 4.69) is 5.16 Å². The van der Waals surface area contributed by atoms with Crippen molar-refractivity contribution in [1.29, 1.82) is 0 Å². The van der Waals surface area contributed by atoms with Crippen LogP contribution in [0.5, 0.6) is 0 Å². The number of anilines is 1. The molecule has 3 aromatic rings.